The highest BCUT2D eigenvalue weighted by Crippen LogP contribution is 2.16. The van der Waals surface area contributed by atoms with E-state index in [4.69, 9.17) is 0 Å². The number of anilines is 2. The van der Waals surface area contributed by atoms with E-state index in [9.17, 15) is 14.9 Å². The highest BCUT2D eigenvalue weighted by Gasteiger charge is 2.09. The predicted molar refractivity (Wildman–Crippen MR) is 102 cm³/mol. The van der Waals surface area contributed by atoms with Crippen molar-refractivity contribution in [1.82, 2.24) is 20.6 Å². The maximum Gasteiger partial charge on any atom is 0.255 e. The molecule has 0 spiro atoms. The van der Waals surface area contributed by atoms with Crippen LogP contribution < -0.4 is 10.6 Å². The Labute approximate surface area is 160 Å². The molecule has 3 aromatic rings. The van der Waals surface area contributed by atoms with Crippen LogP contribution in [0.3, 0.4) is 0 Å². The largest absolute Gasteiger partial charge is 0.360 e. The molecule has 3 rings (SSSR count). The number of nitrogens with one attached hydrogen (secondary N) is 3. The predicted octanol–water partition coefficient (Wildman–Crippen LogP) is 2.63. The summed E-state index contributed by atoms with van der Waals surface area (Å²) in [6.45, 7) is 1.47. The zero-order valence-corrected chi connectivity index (χ0v) is 14.8. The van der Waals surface area contributed by atoms with E-state index in [-0.39, 0.29) is 23.1 Å². The number of nitriles is 1. The molecule has 9 nitrogen and oxygen atoms in total. The minimum atomic E-state index is -0.327. The first-order valence-electron chi connectivity index (χ1n) is 8.20. The molecule has 3 N–H and O–H groups in total. The second kappa shape index (κ2) is 8.37. The fraction of sp³-hybridized carbons (Fsp3) is 0.0526. The van der Waals surface area contributed by atoms with Gasteiger partial charge in [0, 0.05) is 28.7 Å². The first-order valence-corrected chi connectivity index (χ1v) is 8.20. The molecule has 28 heavy (non-hydrogen) atoms. The van der Waals surface area contributed by atoms with Crippen LogP contribution in [0.25, 0.3) is 5.57 Å². The van der Waals surface area contributed by atoms with Crippen molar-refractivity contribution in [2.45, 2.75) is 6.92 Å². The molecule has 0 unspecified atom stereocenters. The number of Topliss-reactive ketones (excluding diaryl/α,β-unsaturated/α-hetero) is 1. The minimum Gasteiger partial charge on any atom is -0.360 e. The molecule has 0 fully saturated rings. The maximum absolute atomic E-state index is 12.5. The Kier molecular flexibility index (Phi) is 5.52. The lowest BCUT2D eigenvalue weighted by Crippen LogP contribution is -2.12. The van der Waals surface area contributed by atoms with Gasteiger partial charge in [-0.3, -0.25) is 9.59 Å². The molecule has 1 aromatic heterocycles. The molecule has 0 aliphatic carbocycles. The lowest BCUT2D eigenvalue weighted by molar-refractivity contribution is 0.101. The van der Waals surface area contributed by atoms with Crippen molar-refractivity contribution in [1.29, 1.82) is 5.26 Å². The molecule has 0 bridgehead atoms. The van der Waals surface area contributed by atoms with Gasteiger partial charge in [0.15, 0.2) is 5.78 Å². The number of allylic oxidation sites excluding steroid dienone is 1. The molecule has 0 saturated carbocycles. The highest BCUT2D eigenvalue weighted by molar-refractivity contribution is 6.05. The molecule has 9 heteroatoms. The molecule has 0 aliphatic rings. The van der Waals surface area contributed by atoms with E-state index in [1.165, 1.54) is 13.1 Å². The number of H-pyrrole nitrogens is 1. The summed E-state index contributed by atoms with van der Waals surface area (Å²) in [7, 11) is 0. The number of carbonyl (C=O) groups excluding carboxylic acids is 2. The van der Waals surface area contributed by atoms with E-state index in [1.54, 1.807) is 48.5 Å². The fourth-order valence-electron chi connectivity index (χ4n) is 2.35. The summed E-state index contributed by atoms with van der Waals surface area (Å²) in [4.78, 5) is 24.0. The van der Waals surface area contributed by atoms with Gasteiger partial charge in [-0.1, -0.05) is 18.2 Å². The van der Waals surface area contributed by atoms with E-state index in [2.05, 4.69) is 31.3 Å². The Morgan fingerprint density at radius 1 is 1.11 bits per heavy atom. The van der Waals surface area contributed by atoms with E-state index in [0.29, 0.717) is 22.5 Å². The van der Waals surface area contributed by atoms with Crippen molar-refractivity contribution >= 4 is 28.6 Å². The van der Waals surface area contributed by atoms with Crippen molar-refractivity contribution in [2.24, 2.45) is 0 Å². The average Bonchev–Trinajstić information content (AvgIpc) is 3.23. The van der Waals surface area contributed by atoms with Crippen molar-refractivity contribution < 1.29 is 9.59 Å². The van der Waals surface area contributed by atoms with Crippen molar-refractivity contribution in [3.05, 3.63) is 71.7 Å². The third-order valence-electron chi connectivity index (χ3n) is 3.74. The summed E-state index contributed by atoms with van der Waals surface area (Å²) >= 11 is 0. The Morgan fingerprint density at radius 2 is 1.82 bits per heavy atom. The summed E-state index contributed by atoms with van der Waals surface area (Å²) in [5.41, 5.74) is 2.24. The normalized spacial score (nSPS) is 10.8. The summed E-state index contributed by atoms with van der Waals surface area (Å²) in [6, 6.07) is 15.4. The van der Waals surface area contributed by atoms with Gasteiger partial charge in [-0.05, 0) is 42.5 Å². The van der Waals surface area contributed by atoms with Gasteiger partial charge >= 0.3 is 0 Å². The van der Waals surface area contributed by atoms with E-state index >= 15 is 0 Å². The standard InChI is InChI=1S/C19H15N7O2/c1-12(27)13-4-2-7-17(8-13)22-19(28)14-5-3-6-16(9-14)21-11-15(10-20)18-23-25-26-24-18/h2-9,11,21H,1H3,(H,22,28)(H,23,24,25,26). The number of nitrogens with zero attached hydrogens (tertiary/aromatic N) is 4. The van der Waals surface area contributed by atoms with Gasteiger partial charge in [-0.25, -0.2) is 0 Å². The van der Waals surface area contributed by atoms with Gasteiger partial charge < -0.3 is 10.6 Å². The number of rotatable bonds is 6. The number of carbonyl (C=O) groups is 2. The first kappa shape index (κ1) is 18.5. The van der Waals surface area contributed by atoms with Gasteiger partial charge in [0.1, 0.15) is 11.6 Å². The molecule has 0 atom stereocenters. The van der Waals surface area contributed by atoms with Crippen LogP contribution >= 0.6 is 0 Å². The summed E-state index contributed by atoms with van der Waals surface area (Å²) < 4.78 is 0. The Hall–Kier alpha value is -4.32. The smallest absolute Gasteiger partial charge is 0.255 e. The summed E-state index contributed by atoms with van der Waals surface area (Å²) in [6.07, 6.45) is 1.43. The van der Waals surface area contributed by atoms with Crippen LogP contribution in [0.4, 0.5) is 11.4 Å². The fourth-order valence-corrected chi connectivity index (χ4v) is 2.35. The van der Waals surface area contributed by atoms with Gasteiger partial charge in [0.05, 0.1) is 0 Å². The van der Waals surface area contributed by atoms with Crippen molar-refractivity contribution in [3.63, 3.8) is 0 Å². The molecule has 138 valence electrons. The molecule has 0 saturated heterocycles. The molecule has 2 aromatic carbocycles. The molecule has 1 amide bonds. The lowest BCUT2D eigenvalue weighted by Gasteiger charge is -2.08. The van der Waals surface area contributed by atoms with Gasteiger partial charge in [-0.15, -0.1) is 10.2 Å². The SMILES string of the molecule is CC(=O)c1cccc(NC(=O)c2cccc(NC=C(C#N)c3nn[nH]n3)c2)c1. The Morgan fingerprint density at radius 3 is 2.50 bits per heavy atom. The monoisotopic (exact) mass is 373 g/mol. The molecule has 0 radical (unpaired) electrons. The molecule has 0 aliphatic heterocycles. The third kappa shape index (κ3) is 4.44. The van der Waals surface area contributed by atoms with Crippen LogP contribution in [-0.2, 0) is 0 Å². The number of aromatic amines is 1. The number of benzene rings is 2. The quantitative estimate of drug-likeness (QED) is 0.446. The minimum absolute atomic E-state index is 0.0796. The van der Waals surface area contributed by atoms with Gasteiger partial charge in [-0.2, -0.15) is 10.5 Å². The van der Waals surface area contributed by atoms with Crippen LogP contribution in [0.2, 0.25) is 0 Å². The number of ketones is 1. The number of aromatic nitrogens is 4. The van der Waals surface area contributed by atoms with Crippen LogP contribution in [0.1, 0.15) is 33.5 Å². The summed E-state index contributed by atoms with van der Waals surface area (Å²) in [5, 5.41) is 28.1. The van der Waals surface area contributed by atoms with Crippen LogP contribution in [-0.4, -0.2) is 32.3 Å². The third-order valence-corrected chi connectivity index (χ3v) is 3.74. The van der Waals surface area contributed by atoms with Crippen LogP contribution in [0, 0.1) is 11.3 Å². The van der Waals surface area contributed by atoms with Gasteiger partial charge in [0.25, 0.3) is 5.91 Å². The molecular formula is C19H15N7O2. The molecule has 1 heterocycles. The number of tetrazole rings is 1. The first-order chi connectivity index (χ1) is 13.6. The zero-order valence-electron chi connectivity index (χ0n) is 14.8. The highest BCUT2D eigenvalue weighted by atomic mass is 16.1. The lowest BCUT2D eigenvalue weighted by atomic mass is 10.1. The average molecular weight is 373 g/mol. The second-order valence-corrected chi connectivity index (χ2v) is 5.72. The Bertz CT molecular complexity index is 1080. The van der Waals surface area contributed by atoms with E-state index in [0.717, 1.165) is 0 Å². The molecular weight excluding hydrogens is 358 g/mol. The van der Waals surface area contributed by atoms with E-state index in [1.807, 2.05) is 6.07 Å². The maximum atomic E-state index is 12.5. The topological polar surface area (TPSA) is 136 Å². The zero-order chi connectivity index (χ0) is 19.9. The number of hydrogen-bond acceptors (Lipinski definition) is 7. The van der Waals surface area contributed by atoms with Crippen LogP contribution in [0.5, 0.6) is 0 Å². The number of hydrogen-bond donors (Lipinski definition) is 3. The van der Waals surface area contributed by atoms with Crippen molar-refractivity contribution in [3.8, 4) is 6.07 Å². The summed E-state index contributed by atoms with van der Waals surface area (Å²) in [5.74, 6) is -0.245. The van der Waals surface area contributed by atoms with Crippen LogP contribution in [0.15, 0.2) is 54.7 Å². The Balaban J connectivity index is 1.74. The van der Waals surface area contributed by atoms with Gasteiger partial charge in [0.2, 0.25) is 5.82 Å². The van der Waals surface area contributed by atoms with Crippen molar-refractivity contribution in [2.75, 3.05) is 10.6 Å². The number of amides is 1. The second-order valence-electron chi connectivity index (χ2n) is 5.72. The van der Waals surface area contributed by atoms with E-state index < -0.39 is 0 Å².